The van der Waals surface area contributed by atoms with Crippen molar-refractivity contribution in [2.75, 3.05) is 13.1 Å². The highest BCUT2D eigenvalue weighted by Gasteiger charge is 2.54. The zero-order chi connectivity index (χ0) is 12.2. The van der Waals surface area contributed by atoms with Crippen LogP contribution in [0.1, 0.15) is 53.9 Å². The maximum atomic E-state index is 3.63. The van der Waals surface area contributed by atoms with E-state index in [9.17, 15) is 0 Å². The summed E-state index contributed by atoms with van der Waals surface area (Å²) in [5, 5.41) is 7.23. The summed E-state index contributed by atoms with van der Waals surface area (Å²) >= 11 is 0. The Labute approximate surface area is 102 Å². The quantitative estimate of drug-likeness (QED) is 0.664. The van der Waals surface area contributed by atoms with E-state index in [2.05, 4.69) is 17.6 Å². The Morgan fingerprint density at radius 2 is 1.69 bits per heavy atom. The van der Waals surface area contributed by atoms with Gasteiger partial charge in [0.15, 0.2) is 0 Å². The van der Waals surface area contributed by atoms with Gasteiger partial charge in [0.1, 0.15) is 0 Å². The van der Waals surface area contributed by atoms with Crippen LogP contribution in [0.25, 0.3) is 0 Å². The average Bonchev–Trinajstić information content (AvgIpc) is 2.35. The van der Waals surface area contributed by atoms with E-state index in [0.29, 0.717) is 5.54 Å². The molecule has 4 unspecified atom stereocenters. The van der Waals surface area contributed by atoms with Crippen LogP contribution in [0, 0.1) is 11.8 Å². The highest BCUT2D eigenvalue weighted by Crippen LogP contribution is 2.43. The predicted octanol–water partition coefficient (Wildman–Crippen LogP) is 2.79. The van der Waals surface area contributed by atoms with Crippen LogP contribution in [0.15, 0.2) is 0 Å². The fraction of sp³-hybridized carbons (Fsp3) is 1.00. The van der Waals surface area contributed by atoms with Gasteiger partial charge in [-0.3, -0.25) is 0 Å². The van der Waals surface area contributed by atoms with E-state index in [4.69, 9.17) is 0 Å². The van der Waals surface area contributed by atoms with Crippen molar-refractivity contribution in [3.8, 4) is 0 Å². The lowest BCUT2D eigenvalue weighted by Gasteiger charge is -2.57. The van der Waals surface area contributed by atoms with Crippen LogP contribution < -0.4 is 10.6 Å². The van der Waals surface area contributed by atoms with Crippen LogP contribution in [-0.4, -0.2) is 24.7 Å². The first-order valence-corrected chi connectivity index (χ1v) is 7.29. The third kappa shape index (κ3) is 2.14. The predicted molar refractivity (Wildman–Crippen MR) is 71.7 cm³/mol. The number of nitrogens with one attached hydrogen (secondary N) is 2. The van der Waals surface area contributed by atoms with Crippen molar-refractivity contribution in [3.05, 3.63) is 0 Å². The second kappa shape index (κ2) is 6.02. The molecule has 0 amide bonds. The fourth-order valence-electron chi connectivity index (χ4n) is 3.33. The Balaban J connectivity index is 0.000000291. The molecule has 0 aromatic heterocycles. The molecule has 0 bridgehead atoms. The van der Waals surface area contributed by atoms with E-state index in [1.807, 2.05) is 27.7 Å². The van der Waals surface area contributed by atoms with Gasteiger partial charge < -0.3 is 10.6 Å². The molecule has 96 valence electrons. The Morgan fingerprint density at radius 3 is 2.12 bits per heavy atom. The second-order valence-electron chi connectivity index (χ2n) is 4.94. The molecule has 3 fully saturated rings. The SMILES string of the molecule is CC.CC.CC12NCC1CCCC1CNC12. The lowest BCUT2D eigenvalue weighted by Crippen LogP contribution is -2.77. The summed E-state index contributed by atoms with van der Waals surface area (Å²) in [6.07, 6.45) is 4.38. The number of hydrogen-bond donors (Lipinski definition) is 2. The second-order valence-corrected chi connectivity index (χ2v) is 4.94. The van der Waals surface area contributed by atoms with Crippen molar-refractivity contribution < 1.29 is 0 Å². The summed E-state index contributed by atoms with van der Waals surface area (Å²) < 4.78 is 0. The lowest BCUT2D eigenvalue weighted by atomic mass is 9.67. The summed E-state index contributed by atoms with van der Waals surface area (Å²) in [5.74, 6) is 1.94. The largest absolute Gasteiger partial charge is 0.311 e. The third-order valence-electron chi connectivity index (χ3n) is 4.42. The van der Waals surface area contributed by atoms with Crippen LogP contribution in [0.3, 0.4) is 0 Å². The molecular formula is C14H30N2. The zero-order valence-electron chi connectivity index (χ0n) is 11.8. The molecule has 2 saturated heterocycles. The van der Waals surface area contributed by atoms with Crippen LogP contribution in [0.4, 0.5) is 0 Å². The highest BCUT2D eigenvalue weighted by molar-refractivity contribution is 5.14. The topological polar surface area (TPSA) is 24.1 Å². The Bertz CT molecular complexity index is 205. The molecule has 3 aliphatic rings. The fourth-order valence-corrected chi connectivity index (χ4v) is 3.33. The molecule has 0 aromatic rings. The summed E-state index contributed by atoms with van der Waals surface area (Å²) in [6.45, 7) is 13.0. The molecule has 2 heterocycles. The maximum Gasteiger partial charge on any atom is 0.0350 e. The van der Waals surface area contributed by atoms with E-state index >= 15 is 0 Å². The van der Waals surface area contributed by atoms with Gasteiger partial charge in [0.25, 0.3) is 0 Å². The minimum absolute atomic E-state index is 0.458. The van der Waals surface area contributed by atoms with E-state index < -0.39 is 0 Å². The Hall–Kier alpha value is -0.0800. The molecule has 0 radical (unpaired) electrons. The monoisotopic (exact) mass is 226 g/mol. The molecule has 4 atom stereocenters. The third-order valence-corrected chi connectivity index (χ3v) is 4.42. The lowest BCUT2D eigenvalue weighted by molar-refractivity contribution is 0.0230. The van der Waals surface area contributed by atoms with Gasteiger partial charge in [-0.15, -0.1) is 0 Å². The molecule has 2 heteroatoms. The molecule has 1 saturated carbocycles. The standard InChI is InChI=1S/C10H18N2.2C2H6/c1-10-8(6-12-10)4-2-3-7-5-11-9(7)10;2*1-2/h7-9,11-12H,2-6H2,1H3;2*1-2H3. The van der Waals surface area contributed by atoms with Crippen molar-refractivity contribution >= 4 is 0 Å². The van der Waals surface area contributed by atoms with Crippen molar-refractivity contribution in [1.29, 1.82) is 0 Å². The normalized spacial score (nSPS) is 43.7. The summed E-state index contributed by atoms with van der Waals surface area (Å²) in [4.78, 5) is 0. The minimum atomic E-state index is 0.458. The molecule has 0 spiro atoms. The van der Waals surface area contributed by atoms with Crippen molar-refractivity contribution in [2.24, 2.45) is 11.8 Å². The van der Waals surface area contributed by atoms with Crippen LogP contribution >= 0.6 is 0 Å². The molecule has 2 N–H and O–H groups in total. The van der Waals surface area contributed by atoms with E-state index in [1.165, 1.54) is 32.4 Å². The summed E-state index contributed by atoms with van der Waals surface area (Å²) in [5.41, 5.74) is 0.458. The zero-order valence-corrected chi connectivity index (χ0v) is 11.8. The maximum absolute atomic E-state index is 3.63. The summed E-state index contributed by atoms with van der Waals surface area (Å²) in [7, 11) is 0. The van der Waals surface area contributed by atoms with Crippen LogP contribution in [0.2, 0.25) is 0 Å². The molecule has 2 aliphatic heterocycles. The van der Waals surface area contributed by atoms with Gasteiger partial charge in [-0.1, -0.05) is 34.1 Å². The molecule has 2 nitrogen and oxygen atoms in total. The van der Waals surface area contributed by atoms with E-state index in [-0.39, 0.29) is 0 Å². The number of hydrogen-bond acceptors (Lipinski definition) is 2. The first-order chi connectivity index (χ1) is 7.81. The van der Waals surface area contributed by atoms with Crippen molar-refractivity contribution in [1.82, 2.24) is 10.6 Å². The van der Waals surface area contributed by atoms with Crippen LogP contribution in [-0.2, 0) is 0 Å². The summed E-state index contributed by atoms with van der Waals surface area (Å²) in [6, 6.07) is 0.791. The van der Waals surface area contributed by atoms with Gasteiger partial charge in [-0.2, -0.15) is 0 Å². The van der Waals surface area contributed by atoms with Gasteiger partial charge in [0.2, 0.25) is 0 Å². The molecule has 0 aromatic carbocycles. The molecular weight excluding hydrogens is 196 g/mol. The molecule has 1 aliphatic carbocycles. The van der Waals surface area contributed by atoms with Crippen molar-refractivity contribution in [3.63, 3.8) is 0 Å². The number of rotatable bonds is 0. The van der Waals surface area contributed by atoms with Crippen molar-refractivity contribution in [2.45, 2.75) is 65.5 Å². The van der Waals surface area contributed by atoms with Gasteiger partial charge in [0, 0.05) is 18.1 Å². The van der Waals surface area contributed by atoms with E-state index in [1.54, 1.807) is 0 Å². The van der Waals surface area contributed by atoms with Gasteiger partial charge in [-0.25, -0.2) is 0 Å². The Morgan fingerprint density at radius 1 is 1.00 bits per heavy atom. The van der Waals surface area contributed by atoms with Gasteiger partial charge >= 0.3 is 0 Å². The minimum Gasteiger partial charge on any atom is -0.311 e. The van der Waals surface area contributed by atoms with Gasteiger partial charge in [-0.05, 0) is 38.1 Å². The van der Waals surface area contributed by atoms with Crippen LogP contribution in [0.5, 0.6) is 0 Å². The average molecular weight is 226 g/mol. The number of fused-ring (bicyclic) bond motifs is 3. The highest BCUT2D eigenvalue weighted by atomic mass is 15.2. The molecule has 3 rings (SSSR count). The Kier molecular flexibility index (Phi) is 5.26. The van der Waals surface area contributed by atoms with Gasteiger partial charge in [0.05, 0.1) is 0 Å². The first-order valence-electron chi connectivity index (χ1n) is 7.29. The van der Waals surface area contributed by atoms with E-state index in [0.717, 1.165) is 17.9 Å². The smallest absolute Gasteiger partial charge is 0.0350 e. The first kappa shape index (κ1) is 14.0. The molecule has 16 heavy (non-hydrogen) atoms.